The van der Waals surface area contributed by atoms with Gasteiger partial charge in [0.25, 0.3) is 0 Å². The van der Waals surface area contributed by atoms with Crippen LogP contribution in [0.25, 0.3) is 0 Å². The molecule has 156 valence electrons. The van der Waals surface area contributed by atoms with Crippen molar-refractivity contribution in [2.45, 2.75) is 37.0 Å². The fraction of sp³-hybridized carbons (Fsp3) is 0.476. The molecule has 1 aromatic carbocycles. The zero-order chi connectivity index (χ0) is 19.0. The van der Waals surface area contributed by atoms with Crippen LogP contribution < -0.4 is 10.6 Å². The summed E-state index contributed by atoms with van der Waals surface area (Å²) in [6.45, 7) is 2.73. The molecule has 1 heterocycles. The van der Waals surface area contributed by atoms with Crippen molar-refractivity contribution in [1.29, 1.82) is 0 Å². The Kier molecular flexibility index (Phi) is 14.9. The summed E-state index contributed by atoms with van der Waals surface area (Å²) in [5.41, 5.74) is 0. The Morgan fingerprint density at radius 3 is 2.50 bits per heavy atom. The van der Waals surface area contributed by atoms with Crippen molar-refractivity contribution >= 4 is 41.7 Å². The first kappa shape index (κ1) is 24.8. The molecule has 0 spiro atoms. The van der Waals surface area contributed by atoms with Gasteiger partial charge in [0.2, 0.25) is 0 Å². The van der Waals surface area contributed by atoms with Crippen LogP contribution >= 0.6 is 35.7 Å². The van der Waals surface area contributed by atoms with Crippen molar-refractivity contribution in [3.63, 3.8) is 0 Å². The molecule has 0 aliphatic carbocycles. The minimum Gasteiger partial charge on any atom is -0.469 e. The maximum Gasteiger partial charge on any atom is 0.191 e. The van der Waals surface area contributed by atoms with Crippen molar-refractivity contribution in [2.75, 3.05) is 32.0 Å². The van der Waals surface area contributed by atoms with Crippen LogP contribution in [-0.4, -0.2) is 43.1 Å². The first-order chi connectivity index (χ1) is 13.4. The number of halogens is 1. The number of nitrogens with one attached hydrogen (secondary N) is 2. The molecule has 3 N–H and O–H groups in total. The molecule has 0 fully saturated rings. The van der Waals surface area contributed by atoms with Crippen LogP contribution in [0.1, 0.15) is 31.4 Å². The second kappa shape index (κ2) is 16.7. The lowest BCUT2D eigenvalue weighted by Gasteiger charge is -2.12. The highest BCUT2D eigenvalue weighted by atomic mass is 127. The molecule has 28 heavy (non-hydrogen) atoms. The number of aliphatic imine (C=N–C) groups is 1. The number of hydrogen-bond acceptors (Lipinski definition) is 4. The molecule has 5 nitrogen and oxygen atoms in total. The van der Waals surface area contributed by atoms with E-state index in [1.165, 1.54) is 4.90 Å². The number of rotatable bonds is 13. The average Bonchev–Trinajstić information content (AvgIpc) is 3.21. The third-order valence-corrected chi connectivity index (χ3v) is 5.00. The summed E-state index contributed by atoms with van der Waals surface area (Å²) < 4.78 is 5.37. The molecule has 2 aromatic rings. The minimum atomic E-state index is 0. The van der Waals surface area contributed by atoms with E-state index < -0.39 is 0 Å². The van der Waals surface area contributed by atoms with Gasteiger partial charge in [0.05, 0.1) is 6.26 Å². The van der Waals surface area contributed by atoms with E-state index in [1.807, 2.05) is 30.0 Å². The third-order valence-electron chi connectivity index (χ3n) is 3.99. The second-order valence-corrected chi connectivity index (χ2v) is 7.38. The number of aliphatic hydroxyl groups excluding tert-OH is 1. The molecule has 0 aliphatic rings. The van der Waals surface area contributed by atoms with Crippen LogP contribution in [0.3, 0.4) is 0 Å². The highest BCUT2D eigenvalue weighted by molar-refractivity contribution is 14.0. The van der Waals surface area contributed by atoms with Crippen molar-refractivity contribution in [3.05, 3.63) is 54.5 Å². The Morgan fingerprint density at radius 2 is 1.75 bits per heavy atom. The molecule has 0 saturated carbocycles. The SMILES string of the molecule is I.OCCCCCCN=C(NCCSc1ccccc1)NCCc1ccco1. The summed E-state index contributed by atoms with van der Waals surface area (Å²) >= 11 is 1.84. The highest BCUT2D eigenvalue weighted by Gasteiger charge is 2.01. The fourth-order valence-corrected chi connectivity index (χ4v) is 3.35. The van der Waals surface area contributed by atoms with Crippen molar-refractivity contribution in [2.24, 2.45) is 4.99 Å². The van der Waals surface area contributed by atoms with Crippen LogP contribution in [0, 0.1) is 0 Å². The molecule has 0 bridgehead atoms. The van der Waals surface area contributed by atoms with Gasteiger partial charge in [0, 0.05) is 43.3 Å². The molecular weight excluding hydrogens is 485 g/mol. The van der Waals surface area contributed by atoms with E-state index in [0.29, 0.717) is 0 Å². The van der Waals surface area contributed by atoms with Gasteiger partial charge in [-0.25, -0.2) is 0 Å². The molecule has 7 heteroatoms. The minimum absolute atomic E-state index is 0. The molecule has 1 aromatic heterocycles. The van der Waals surface area contributed by atoms with E-state index in [2.05, 4.69) is 39.9 Å². The number of hydrogen-bond donors (Lipinski definition) is 3. The fourth-order valence-electron chi connectivity index (χ4n) is 2.56. The van der Waals surface area contributed by atoms with E-state index in [4.69, 9.17) is 9.52 Å². The van der Waals surface area contributed by atoms with Gasteiger partial charge < -0.3 is 20.2 Å². The molecule has 0 atom stereocenters. The summed E-state index contributed by atoms with van der Waals surface area (Å²) in [4.78, 5) is 5.96. The van der Waals surface area contributed by atoms with Crippen molar-refractivity contribution in [1.82, 2.24) is 10.6 Å². The summed E-state index contributed by atoms with van der Waals surface area (Å²) in [5.74, 6) is 2.82. The lowest BCUT2D eigenvalue weighted by molar-refractivity contribution is 0.282. The molecule has 0 unspecified atom stereocenters. The van der Waals surface area contributed by atoms with Crippen molar-refractivity contribution in [3.8, 4) is 0 Å². The van der Waals surface area contributed by atoms with E-state index >= 15 is 0 Å². The zero-order valence-electron chi connectivity index (χ0n) is 16.3. The maximum absolute atomic E-state index is 8.83. The normalized spacial score (nSPS) is 11.1. The van der Waals surface area contributed by atoms with E-state index in [0.717, 1.165) is 69.2 Å². The van der Waals surface area contributed by atoms with E-state index in [1.54, 1.807) is 6.26 Å². The lowest BCUT2D eigenvalue weighted by atomic mass is 10.2. The predicted octanol–water partition coefficient (Wildman–Crippen LogP) is 4.32. The summed E-state index contributed by atoms with van der Waals surface area (Å²) in [6.07, 6.45) is 6.64. The Morgan fingerprint density at radius 1 is 0.964 bits per heavy atom. The summed E-state index contributed by atoms with van der Waals surface area (Å²) in [7, 11) is 0. The van der Waals surface area contributed by atoms with Gasteiger partial charge in [0.1, 0.15) is 5.76 Å². The molecule has 0 aliphatic heterocycles. The molecule has 2 rings (SSSR count). The van der Waals surface area contributed by atoms with E-state index in [-0.39, 0.29) is 30.6 Å². The topological polar surface area (TPSA) is 69.8 Å². The quantitative estimate of drug-likeness (QED) is 0.121. The zero-order valence-corrected chi connectivity index (χ0v) is 19.5. The Hall–Kier alpha value is -1.19. The van der Waals surface area contributed by atoms with Gasteiger partial charge in [-0.1, -0.05) is 31.0 Å². The first-order valence-corrected chi connectivity index (χ1v) is 10.7. The average molecular weight is 517 g/mol. The summed E-state index contributed by atoms with van der Waals surface area (Å²) in [6, 6.07) is 14.3. The standard InChI is InChI=1S/C21H31N3O2S.HI/c25-16-7-2-1-6-13-22-21(23-14-12-19-9-8-17-26-19)24-15-18-27-20-10-4-3-5-11-20;/h3-5,8-11,17,25H,1-2,6-7,12-16,18H2,(H2,22,23,24);1H. The Labute approximate surface area is 189 Å². The Balaban J connectivity index is 0.00000392. The highest BCUT2D eigenvalue weighted by Crippen LogP contribution is 2.15. The number of unbranched alkanes of at least 4 members (excludes halogenated alkanes) is 3. The van der Waals surface area contributed by atoms with E-state index in [9.17, 15) is 0 Å². The largest absolute Gasteiger partial charge is 0.469 e. The first-order valence-electron chi connectivity index (χ1n) is 9.72. The number of thioether (sulfide) groups is 1. The van der Waals surface area contributed by atoms with Gasteiger partial charge >= 0.3 is 0 Å². The number of furan rings is 1. The van der Waals surface area contributed by atoms with Crippen LogP contribution in [0.2, 0.25) is 0 Å². The third kappa shape index (κ3) is 11.6. The van der Waals surface area contributed by atoms with Gasteiger partial charge in [-0.3, -0.25) is 4.99 Å². The monoisotopic (exact) mass is 517 g/mol. The molecule has 0 amide bonds. The van der Waals surface area contributed by atoms with Crippen LogP contribution in [-0.2, 0) is 6.42 Å². The summed E-state index contributed by atoms with van der Waals surface area (Å²) in [5, 5.41) is 15.6. The Bertz CT molecular complexity index is 624. The van der Waals surface area contributed by atoms with Crippen LogP contribution in [0.5, 0.6) is 0 Å². The molecule has 0 radical (unpaired) electrons. The van der Waals surface area contributed by atoms with Gasteiger partial charge in [-0.15, -0.1) is 35.7 Å². The smallest absolute Gasteiger partial charge is 0.191 e. The van der Waals surface area contributed by atoms with Crippen LogP contribution in [0.4, 0.5) is 0 Å². The molecule has 0 saturated heterocycles. The number of benzene rings is 1. The van der Waals surface area contributed by atoms with Crippen molar-refractivity contribution < 1.29 is 9.52 Å². The lowest BCUT2D eigenvalue weighted by Crippen LogP contribution is -2.39. The number of aliphatic hydroxyl groups is 1. The van der Waals surface area contributed by atoms with Gasteiger partial charge in [-0.2, -0.15) is 0 Å². The predicted molar refractivity (Wildman–Crippen MR) is 129 cm³/mol. The van der Waals surface area contributed by atoms with Crippen LogP contribution in [0.15, 0.2) is 63.0 Å². The van der Waals surface area contributed by atoms with Gasteiger partial charge in [-0.05, 0) is 37.1 Å². The number of guanidine groups is 1. The molecular formula is C21H32IN3O2S. The van der Waals surface area contributed by atoms with Gasteiger partial charge in [0.15, 0.2) is 5.96 Å². The second-order valence-electron chi connectivity index (χ2n) is 6.21. The number of nitrogens with zero attached hydrogens (tertiary/aromatic N) is 1. The maximum atomic E-state index is 8.83.